The van der Waals surface area contributed by atoms with Crippen LogP contribution < -0.4 is 10.6 Å². The highest BCUT2D eigenvalue weighted by atomic mass is 16.2. The van der Waals surface area contributed by atoms with Crippen LogP contribution in [0.25, 0.3) is 0 Å². The maximum Gasteiger partial charge on any atom is 0.296 e. The van der Waals surface area contributed by atoms with Crippen LogP contribution in [-0.4, -0.2) is 24.6 Å². The molecule has 2 amide bonds. The van der Waals surface area contributed by atoms with Crippen molar-refractivity contribution in [2.45, 2.75) is 13.3 Å². The van der Waals surface area contributed by atoms with Gasteiger partial charge in [-0.3, -0.25) is 14.4 Å². The molecule has 0 aromatic heterocycles. The highest BCUT2D eigenvalue weighted by molar-refractivity contribution is 6.46. The molecule has 0 saturated heterocycles. The maximum absolute atomic E-state index is 12.0. The molecule has 5 nitrogen and oxygen atoms in total. The zero-order valence-corrected chi connectivity index (χ0v) is 13.1. The molecule has 118 valence electrons. The van der Waals surface area contributed by atoms with Crippen LogP contribution in [0.4, 0.5) is 5.69 Å². The fraction of sp³-hybridized carbons (Fsp3) is 0.167. The lowest BCUT2D eigenvalue weighted by atomic mass is 10.1. The monoisotopic (exact) mass is 310 g/mol. The number of carbonyl (C=O) groups is 3. The Morgan fingerprint density at radius 2 is 1.52 bits per heavy atom. The van der Waals surface area contributed by atoms with E-state index in [1.165, 1.54) is 0 Å². The molecule has 0 fully saturated rings. The van der Waals surface area contributed by atoms with E-state index in [0.29, 0.717) is 11.3 Å². The second-order valence-corrected chi connectivity index (χ2v) is 5.20. The van der Waals surface area contributed by atoms with Gasteiger partial charge in [0.15, 0.2) is 0 Å². The van der Waals surface area contributed by atoms with Gasteiger partial charge in [-0.15, -0.1) is 0 Å². The van der Waals surface area contributed by atoms with Gasteiger partial charge >= 0.3 is 0 Å². The van der Waals surface area contributed by atoms with E-state index >= 15 is 0 Å². The molecule has 0 bridgehead atoms. The van der Waals surface area contributed by atoms with Gasteiger partial charge in [-0.05, 0) is 24.6 Å². The number of amides is 2. The van der Waals surface area contributed by atoms with Crippen molar-refractivity contribution in [3.8, 4) is 0 Å². The zero-order valence-electron chi connectivity index (χ0n) is 13.1. The minimum Gasteiger partial charge on any atom is -0.359 e. The zero-order chi connectivity index (χ0) is 16.8. The lowest BCUT2D eigenvalue weighted by molar-refractivity contribution is -0.120. The third kappa shape index (κ3) is 4.51. The largest absolute Gasteiger partial charge is 0.359 e. The molecule has 0 unspecified atom stereocenters. The summed E-state index contributed by atoms with van der Waals surface area (Å²) in [5.41, 5.74) is 2.71. The van der Waals surface area contributed by atoms with Crippen molar-refractivity contribution < 1.29 is 14.4 Å². The van der Waals surface area contributed by atoms with E-state index in [1.807, 2.05) is 6.92 Å². The first-order chi connectivity index (χ1) is 11.0. The number of hydrogen-bond acceptors (Lipinski definition) is 3. The van der Waals surface area contributed by atoms with Crippen molar-refractivity contribution >= 4 is 23.3 Å². The smallest absolute Gasteiger partial charge is 0.296 e. The highest BCUT2D eigenvalue weighted by Crippen LogP contribution is 2.11. The summed E-state index contributed by atoms with van der Waals surface area (Å²) in [6, 6.07) is 13.6. The Labute approximate surface area is 134 Å². The Morgan fingerprint density at radius 1 is 0.913 bits per heavy atom. The summed E-state index contributed by atoms with van der Waals surface area (Å²) in [4.78, 5) is 35.3. The van der Waals surface area contributed by atoms with Crippen molar-refractivity contribution in [3.63, 3.8) is 0 Å². The maximum atomic E-state index is 12.0. The average Bonchev–Trinajstić information content (AvgIpc) is 2.56. The molecular formula is C18H18N2O3. The predicted octanol–water partition coefficient (Wildman–Crippen LogP) is 2.10. The second kappa shape index (κ2) is 7.35. The number of ketones is 1. The number of rotatable bonds is 5. The molecule has 0 radical (unpaired) electrons. The normalized spacial score (nSPS) is 10.0. The summed E-state index contributed by atoms with van der Waals surface area (Å²) in [6.07, 6.45) is 0.271. The molecule has 0 saturated carbocycles. The molecule has 0 aliphatic carbocycles. The van der Waals surface area contributed by atoms with E-state index in [4.69, 9.17) is 0 Å². The van der Waals surface area contributed by atoms with Crippen LogP contribution in [0.15, 0.2) is 48.5 Å². The van der Waals surface area contributed by atoms with Crippen molar-refractivity contribution in [1.29, 1.82) is 0 Å². The Bertz CT molecular complexity index is 719. The highest BCUT2D eigenvalue weighted by Gasteiger charge is 2.16. The topological polar surface area (TPSA) is 75.3 Å². The Kier molecular flexibility index (Phi) is 5.25. The molecule has 23 heavy (non-hydrogen) atoms. The average molecular weight is 310 g/mol. The molecule has 0 aliphatic heterocycles. The lowest BCUT2D eigenvalue weighted by Gasteiger charge is -2.06. The molecule has 0 atom stereocenters. The van der Waals surface area contributed by atoms with E-state index in [9.17, 15) is 14.4 Å². The molecule has 2 aromatic rings. The van der Waals surface area contributed by atoms with Crippen LogP contribution >= 0.6 is 0 Å². The number of anilines is 1. The van der Waals surface area contributed by atoms with E-state index in [2.05, 4.69) is 10.6 Å². The van der Waals surface area contributed by atoms with Gasteiger partial charge < -0.3 is 10.6 Å². The minimum atomic E-state index is -0.687. The molecule has 5 heteroatoms. The number of nitrogens with one attached hydrogen (secondary N) is 2. The van der Waals surface area contributed by atoms with Crippen LogP contribution in [0.3, 0.4) is 0 Å². The SMILES string of the molecule is CNC(=O)Cc1ccc(NC(=O)C(=O)c2ccc(C)cc2)cc1. The van der Waals surface area contributed by atoms with Crippen LogP contribution in [0.5, 0.6) is 0 Å². The first-order valence-corrected chi connectivity index (χ1v) is 7.21. The van der Waals surface area contributed by atoms with Crippen molar-refractivity contribution in [1.82, 2.24) is 5.32 Å². The number of hydrogen-bond donors (Lipinski definition) is 2. The fourth-order valence-corrected chi connectivity index (χ4v) is 2.00. The van der Waals surface area contributed by atoms with E-state index in [-0.39, 0.29) is 12.3 Å². The summed E-state index contributed by atoms with van der Waals surface area (Å²) in [5, 5.41) is 5.10. The number of benzene rings is 2. The minimum absolute atomic E-state index is 0.0867. The van der Waals surface area contributed by atoms with Crippen molar-refractivity contribution in [2.75, 3.05) is 12.4 Å². The standard InChI is InChI=1S/C18H18N2O3/c1-12-3-7-14(8-4-12)17(22)18(23)20-15-9-5-13(6-10-15)11-16(21)19-2/h3-10H,11H2,1-2H3,(H,19,21)(H,20,23). The number of aryl methyl sites for hydroxylation is 1. The van der Waals surface area contributed by atoms with E-state index in [0.717, 1.165) is 11.1 Å². The van der Waals surface area contributed by atoms with Gasteiger partial charge in [0.05, 0.1) is 6.42 Å². The van der Waals surface area contributed by atoms with E-state index in [1.54, 1.807) is 55.6 Å². The van der Waals surface area contributed by atoms with Gasteiger partial charge in [-0.25, -0.2) is 0 Å². The quantitative estimate of drug-likeness (QED) is 0.656. The van der Waals surface area contributed by atoms with Crippen LogP contribution in [0.1, 0.15) is 21.5 Å². The summed E-state index contributed by atoms with van der Waals surface area (Å²) in [6.45, 7) is 1.91. The Balaban J connectivity index is 2.01. The van der Waals surface area contributed by atoms with Crippen LogP contribution in [0.2, 0.25) is 0 Å². The Morgan fingerprint density at radius 3 is 2.09 bits per heavy atom. The summed E-state index contributed by atoms with van der Waals surface area (Å²) < 4.78 is 0. The van der Waals surface area contributed by atoms with E-state index < -0.39 is 11.7 Å². The summed E-state index contributed by atoms with van der Waals surface area (Å²) in [7, 11) is 1.58. The predicted molar refractivity (Wildman–Crippen MR) is 88.4 cm³/mol. The first-order valence-electron chi connectivity index (χ1n) is 7.21. The molecule has 0 heterocycles. The molecule has 2 aromatic carbocycles. The van der Waals surface area contributed by atoms with Gasteiger partial charge in [-0.2, -0.15) is 0 Å². The number of carbonyl (C=O) groups excluding carboxylic acids is 3. The van der Waals surface area contributed by atoms with Gasteiger partial charge in [-0.1, -0.05) is 42.0 Å². The third-order valence-corrected chi connectivity index (χ3v) is 3.38. The van der Waals surface area contributed by atoms with Gasteiger partial charge in [0.1, 0.15) is 0 Å². The summed E-state index contributed by atoms with van der Waals surface area (Å²) in [5.74, 6) is -1.36. The van der Waals surface area contributed by atoms with Gasteiger partial charge in [0.2, 0.25) is 5.91 Å². The third-order valence-electron chi connectivity index (χ3n) is 3.38. The molecular weight excluding hydrogens is 292 g/mol. The molecule has 0 aliphatic rings. The summed E-state index contributed by atoms with van der Waals surface area (Å²) >= 11 is 0. The fourth-order valence-electron chi connectivity index (χ4n) is 2.00. The molecule has 2 rings (SSSR count). The van der Waals surface area contributed by atoms with Crippen molar-refractivity contribution in [2.24, 2.45) is 0 Å². The van der Waals surface area contributed by atoms with Crippen LogP contribution in [-0.2, 0) is 16.0 Å². The van der Waals surface area contributed by atoms with Gasteiger partial charge in [0.25, 0.3) is 11.7 Å². The Hall–Kier alpha value is -2.95. The lowest BCUT2D eigenvalue weighted by Crippen LogP contribution is -2.23. The number of likely N-dealkylation sites (N-methyl/N-ethyl adjacent to an activating group) is 1. The van der Waals surface area contributed by atoms with Crippen LogP contribution in [0, 0.1) is 6.92 Å². The van der Waals surface area contributed by atoms with Crippen molar-refractivity contribution in [3.05, 3.63) is 65.2 Å². The second-order valence-electron chi connectivity index (χ2n) is 5.20. The number of Topliss-reactive ketones (excluding diaryl/α,β-unsaturated/α-hetero) is 1. The first kappa shape index (κ1) is 16.4. The molecule has 0 spiro atoms. The van der Waals surface area contributed by atoms with Gasteiger partial charge in [0, 0.05) is 18.3 Å². The molecule has 2 N–H and O–H groups in total.